The number of amides is 1. The van der Waals surface area contributed by atoms with Crippen LogP contribution in [-0.2, 0) is 0 Å². The zero-order valence-electron chi connectivity index (χ0n) is 11.5. The molecule has 0 saturated carbocycles. The minimum atomic E-state index is -1.01. The Kier molecular flexibility index (Phi) is 4.81. The smallest absolute Gasteiger partial charge is 0.257 e. The van der Waals surface area contributed by atoms with E-state index in [-0.39, 0.29) is 5.69 Å². The second-order valence-electron chi connectivity index (χ2n) is 4.43. The minimum Gasteiger partial charge on any atom is -0.383 e. The fourth-order valence-electron chi connectivity index (χ4n) is 1.77. The van der Waals surface area contributed by atoms with Crippen molar-refractivity contribution < 1.29 is 13.6 Å². The van der Waals surface area contributed by atoms with E-state index < -0.39 is 17.5 Å². The number of nitrogens with one attached hydrogen (secondary N) is 2. The third-order valence-electron chi connectivity index (χ3n) is 2.81. The van der Waals surface area contributed by atoms with Crippen molar-refractivity contribution >= 4 is 17.3 Å². The number of anilines is 2. The van der Waals surface area contributed by atoms with Crippen LogP contribution in [0.15, 0.2) is 36.7 Å². The van der Waals surface area contributed by atoms with Crippen LogP contribution in [0.1, 0.15) is 23.7 Å². The highest BCUT2D eigenvalue weighted by atomic mass is 19.2. The van der Waals surface area contributed by atoms with E-state index in [1.165, 1.54) is 12.3 Å². The second-order valence-corrected chi connectivity index (χ2v) is 4.43. The largest absolute Gasteiger partial charge is 0.383 e. The Morgan fingerprint density at radius 3 is 2.76 bits per heavy atom. The lowest BCUT2D eigenvalue weighted by molar-refractivity contribution is 0.102. The van der Waals surface area contributed by atoms with E-state index in [1.807, 2.05) is 6.92 Å². The summed E-state index contributed by atoms with van der Waals surface area (Å²) < 4.78 is 26.0. The van der Waals surface area contributed by atoms with E-state index in [1.54, 1.807) is 12.3 Å². The van der Waals surface area contributed by atoms with Gasteiger partial charge in [0.25, 0.3) is 5.91 Å². The molecule has 0 aliphatic carbocycles. The molecule has 1 aromatic heterocycles. The van der Waals surface area contributed by atoms with Gasteiger partial charge in [0.05, 0.1) is 17.4 Å². The molecule has 6 heteroatoms. The van der Waals surface area contributed by atoms with Crippen LogP contribution in [0.5, 0.6) is 0 Å². The maximum atomic E-state index is 13.1. The molecular formula is C15H15F2N3O. The monoisotopic (exact) mass is 291 g/mol. The lowest BCUT2D eigenvalue weighted by atomic mass is 10.2. The molecule has 1 heterocycles. The van der Waals surface area contributed by atoms with Gasteiger partial charge in [0, 0.05) is 24.5 Å². The number of hydrogen-bond donors (Lipinski definition) is 2. The summed E-state index contributed by atoms with van der Waals surface area (Å²) in [6.45, 7) is 2.71. The molecule has 1 amide bonds. The van der Waals surface area contributed by atoms with Gasteiger partial charge in [0.1, 0.15) is 0 Å². The van der Waals surface area contributed by atoms with Gasteiger partial charge < -0.3 is 10.6 Å². The third kappa shape index (κ3) is 3.75. The highest BCUT2D eigenvalue weighted by molar-refractivity contribution is 6.07. The number of carbonyl (C=O) groups excluding carboxylic acids is 1. The summed E-state index contributed by atoms with van der Waals surface area (Å²) in [7, 11) is 0. The van der Waals surface area contributed by atoms with E-state index in [2.05, 4.69) is 15.6 Å². The summed E-state index contributed by atoms with van der Waals surface area (Å²) >= 11 is 0. The van der Waals surface area contributed by atoms with Crippen LogP contribution in [0.3, 0.4) is 0 Å². The zero-order valence-corrected chi connectivity index (χ0v) is 11.5. The predicted octanol–water partition coefficient (Wildman–Crippen LogP) is 3.43. The molecule has 1 aromatic carbocycles. The van der Waals surface area contributed by atoms with Crippen molar-refractivity contribution in [3.63, 3.8) is 0 Å². The standard InChI is InChI=1S/C15H15F2N3O/c1-2-6-19-14-9-18-7-5-11(14)15(21)20-10-3-4-12(16)13(17)8-10/h3-5,7-9,19H,2,6H2,1H3,(H,20,21). The van der Waals surface area contributed by atoms with Gasteiger partial charge in [0.2, 0.25) is 0 Å². The number of carbonyl (C=O) groups is 1. The van der Waals surface area contributed by atoms with Gasteiger partial charge in [-0.15, -0.1) is 0 Å². The van der Waals surface area contributed by atoms with Crippen molar-refractivity contribution in [3.8, 4) is 0 Å². The van der Waals surface area contributed by atoms with Crippen molar-refractivity contribution in [2.75, 3.05) is 17.2 Å². The number of halogens is 2. The fourth-order valence-corrected chi connectivity index (χ4v) is 1.77. The molecule has 0 radical (unpaired) electrons. The lowest BCUT2D eigenvalue weighted by Crippen LogP contribution is -2.15. The van der Waals surface area contributed by atoms with Crippen molar-refractivity contribution in [2.24, 2.45) is 0 Å². The van der Waals surface area contributed by atoms with Crippen LogP contribution in [0.25, 0.3) is 0 Å². The molecule has 0 atom stereocenters. The van der Waals surface area contributed by atoms with Crippen LogP contribution in [-0.4, -0.2) is 17.4 Å². The number of hydrogen-bond acceptors (Lipinski definition) is 3. The van der Waals surface area contributed by atoms with Crippen LogP contribution in [0.2, 0.25) is 0 Å². The molecule has 0 spiro atoms. The average Bonchev–Trinajstić information content (AvgIpc) is 2.49. The molecule has 0 fully saturated rings. The quantitative estimate of drug-likeness (QED) is 0.887. The Bertz CT molecular complexity index is 647. The van der Waals surface area contributed by atoms with E-state index in [0.717, 1.165) is 18.6 Å². The summed E-state index contributed by atoms with van der Waals surface area (Å²) in [6.07, 6.45) is 3.95. The summed E-state index contributed by atoms with van der Waals surface area (Å²) in [5.41, 5.74) is 1.18. The van der Waals surface area contributed by atoms with Crippen molar-refractivity contribution in [2.45, 2.75) is 13.3 Å². The topological polar surface area (TPSA) is 54.0 Å². The number of pyridine rings is 1. The van der Waals surface area contributed by atoms with Crippen LogP contribution < -0.4 is 10.6 Å². The van der Waals surface area contributed by atoms with Crippen LogP contribution >= 0.6 is 0 Å². The normalized spacial score (nSPS) is 10.2. The average molecular weight is 291 g/mol. The van der Waals surface area contributed by atoms with Gasteiger partial charge in [-0.2, -0.15) is 0 Å². The number of rotatable bonds is 5. The summed E-state index contributed by atoms with van der Waals surface area (Å²) in [6, 6.07) is 4.77. The Morgan fingerprint density at radius 2 is 2.05 bits per heavy atom. The molecule has 0 aliphatic rings. The third-order valence-corrected chi connectivity index (χ3v) is 2.81. The fraction of sp³-hybridized carbons (Fsp3) is 0.200. The van der Waals surface area contributed by atoms with Crippen molar-refractivity contribution in [1.82, 2.24) is 4.98 Å². The first-order valence-electron chi connectivity index (χ1n) is 6.56. The van der Waals surface area contributed by atoms with Gasteiger partial charge in [0.15, 0.2) is 11.6 Å². The summed E-state index contributed by atoms with van der Waals surface area (Å²) in [5.74, 6) is -2.38. The Morgan fingerprint density at radius 1 is 1.24 bits per heavy atom. The highest BCUT2D eigenvalue weighted by Gasteiger charge is 2.12. The summed E-state index contributed by atoms with van der Waals surface area (Å²) in [4.78, 5) is 16.2. The minimum absolute atomic E-state index is 0.192. The molecule has 0 unspecified atom stereocenters. The van der Waals surface area contributed by atoms with Crippen LogP contribution in [0.4, 0.5) is 20.2 Å². The second kappa shape index (κ2) is 6.78. The van der Waals surface area contributed by atoms with Gasteiger partial charge in [-0.05, 0) is 24.6 Å². The Hall–Kier alpha value is -2.50. The molecule has 0 saturated heterocycles. The molecule has 2 aromatic rings. The lowest BCUT2D eigenvalue weighted by Gasteiger charge is -2.11. The van der Waals surface area contributed by atoms with Gasteiger partial charge in [-0.1, -0.05) is 6.92 Å². The van der Waals surface area contributed by atoms with Crippen molar-refractivity contribution in [1.29, 1.82) is 0 Å². The van der Waals surface area contributed by atoms with Gasteiger partial charge in [-0.25, -0.2) is 8.78 Å². The highest BCUT2D eigenvalue weighted by Crippen LogP contribution is 2.18. The van der Waals surface area contributed by atoms with E-state index in [0.29, 0.717) is 17.8 Å². The van der Waals surface area contributed by atoms with Crippen molar-refractivity contribution in [3.05, 3.63) is 53.9 Å². The first kappa shape index (κ1) is 14.9. The van der Waals surface area contributed by atoms with E-state index in [9.17, 15) is 13.6 Å². The molecule has 2 rings (SSSR count). The summed E-state index contributed by atoms with van der Waals surface area (Å²) in [5, 5.41) is 5.62. The SMILES string of the molecule is CCCNc1cnccc1C(=O)Nc1ccc(F)c(F)c1. The number of benzene rings is 1. The molecular weight excluding hydrogens is 276 g/mol. The Balaban J connectivity index is 2.18. The molecule has 2 N–H and O–H groups in total. The first-order valence-corrected chi connectivity index (χ1v) is 6.56. The molecule has 0 bridgehead atoms. The molecule has 21 heavy (non-hydrogen) atoms. The van der Waals surface area contributed by atoms with Crippen LogP contribution in [0, 0.1) is 11.6 Å². The molecule has 0 aliphatic heterocycles. The zero-order chi connectivity index (χ0) is 15.2. The van der Waals surface area contributed by atoms with Gasteiger partial charge in [-0.3, -0.25) is 9.78 Å². The first-order chi connectivity index (χ1) is 10.1. The molecule has 110 valence electrons. The van der Waals surface area contributed by atoms with E-state index >= 15 is 0 Å². The maximum Gasteiger partial charge on any atom is 0.257 e. The number of aromatic nitrogens is 1. The van der Waals surface area contributed by atoms with E-state index in [4.69, 9.17) is 0 Å². The number of nitrogens with zero attached hydrogens (tertiary/aromatic N) is 1. The van der Waals surface area contributed by atoms with Gasteiger partial charge >= 0.3 is 0 Å². The Labute approximate surface area is 121 Å². The maximum absolute atomic E-state index is 13.1. The predicted molar refractivity (Wildman–Crippen MR) is 77.3 cm³/mol. The molecule has 4 nitrogen and oxygen atoms in total.